The smallest absolute Gasteiger partial charge is 0.0640 e. The average Bonchev–Trinajstić information content (AvgIpc) is 2.87. The van der Waals surface area contributed by atoms with E-state index in [1.54, 1.807) is 6.07 Å². The largest absolute Gasteiger partial charge is 0.324 e. The Morgan fingerprint density at radius 1 is 1.35 bits per heavy atom. The predicted molar refractivity (Wildman–Crippen MR) is 87.4 cm³/mol. The minimum absolute atomic E-state index is 0.0467. The number of hydrogen-bond acceptors (Lipinski definition) is 2. The monoisotopic (exact) mass is 314 g/mol. The van der Waals surface area contributed by atoms with Crippen LogP contribution in [0.25, 0.3) is 0 Å². The van der Waals surface area contributed by atoms with Gasteiger partial charge in [-0.05, 0) is 43.4 Å². The molecule has 1 heterocycles. The molecule has 4 heteroatoms. The van der Waals surface area contributed by atoms with E-state index in [0.29, 0.717) is 22.0 Å². The topological polar surface area (TPSA) is 29.3 Å². The van der Waals surface area contributed by atoms with E-state index >= 15 is 0 Å². The summed E-state index contributed by atoms with van der Waals surface area (Å²) in [5, 5.41) is 1.18. The van der Waals surface area contributed by atoms with Crippen LogP contribution in [0.3, 0.4) is 0 Å². The van der Waals surface area contributed by atoms with Gasteiger partial charge in [-0.1, -0.05) is 49.2 Å². The van der Waals surface area contributed by atoms with Gasteiger partial charge in [-0.2, -0.15) is 0 Å². The summed E-state index contributed by atoms with van der Waals surface area (Å²) in [6, 6.07) is 6.35. The predicted octanol–water partition coefficient (Wildman–Crippen LogP) is 4.50. The van der Waals surface area contributed by atoms with Crippen LogP contribution in [0.1, 0.15) is 44.7 Å². The van der Waals surface area contributed by atoms with Crippen molar-refractivity contribution in [1.29, 1.82) is 0 Å². The SMILES string of the molecule is CC(C)C1CCCN1CCC(N)c1cccc(Cl)c1Cl. The molecular formula is C16H24Cl2N2. The molecule has 2 unspecified atom stereocenters. The van der Waals surface area contributed by atoms with Crippen molar-refractivity contribution in [3.63, 3.8) is 0 Å². The van der Waals surface area contributed by atoms with E-state index in [1.165, 1.54) is 19.4 Å². The summed E-state index contributed by atoms with van der Waals surface area (Å²) in [6.07, 6.45) is 3.53. The van der Waals surface area contributed by atoms with E-state index < -0.39 is 0 Å². The van der Waals surface area contributed by atoms with Crippen molar-refractivity contribution in [3.05, 3.63) is 33.8 Å². The minimum atomic E-state index is -0.0467. The fraction of sp³-hybridized carbons (Fsp3) is 0.625. The van der Waals surface area contributed by atoms with Gasteiger partial charge in [0.2, 0.25) is 0 Å². The van der Waals surface area contributed by atoms with Crippen molar-refractivity contribution in [2.24, 2.45) is 11.7 Å². The van der Waals surface area contributed by atoms with E-state index in [0.717, 1.165) is 18.5 Å². The maximum atomic E-state index is 6.29. The summed E-state index contributed by atoms with van der Waals surface area (Å²) >= 11 is 12.3. The van der Waals surface area contributed by atoms with Gasteiger partial charge in [-0.15, -0.1) is 0 Å². The second kappa shape index (κ2) is 7.13. The molecule has 0 saturated carbocycles. The highest BCUT2D eigenvalue weighted by Gasteiger charge is 2.27. The molecule has 1 aromatic carbocycles. The molecule has 20 heavy (non-hydrogen) atoms. The Kier molecular flexibility index (Phi) is 5.74. The Hall–Kier alpha value is -0.280. The summed E-state index contributed by atoms with van der Waals surface area (Å²) in [7, 11) is 0. The first-order valence-electron chi connectivity index (χ1n) is 7.44. The molecule has 1 aromatic rings. The standard InChI is InChI=1S/C16H24Cl2N2/c1-11(2)15-7-4-9-20(15)10-8-14(19)12-5-3-6-13(17)16(12)18/h3,5-6,11,14-15H,4,7-10,19H2,1-2H3. The summed E-state index contributed by atoms with van der Waals surface area (Å²) in [6.45, 7) is 6.83. The van der Waals surface area contributed by atoms with Crippen LogP contribution in [0.4, 0.5) is 0 Å². The van der Waals surface area contributed by atoms with E-state index in [4.69, 9.17) is 28.9 Å². The molecule has 2 rings (SSSR count). The van der Waals surface area contributed by atoms with Gasteiger partial charge in [0.1, 0.15) is 0 Å². The van der Waals surface area contributed by atoms with Crippen LogP contribution >= 0.6 is 23.2 Å². The van der Waals surface area contributed by atoms with Crippen molar-refractivity contribution >= 4 is 23.2 Å². The van der Waals surface area contributed by atoms with Crippen molar-refractivity contribution in [2.45, 2.75) is 45.2 Å². The lowest BCUT2D eigenvalue weighted by Crippen LogP contribution is -2.35. The highest BCUT2D eigenvalue weighted by molar-refractivity contribution is 6.42. The van der Waals surface area contributed by atoms with Crippen LogP contribution in [-0.2, 0) is 0 Å². The van der Waals surface area contributed by atoms with Gasteiger partial charge in [0.05, 0.1) is 10.0 Å². The van der Waals surface area contributed by atoms with Gasteiger partial charge in [0.25, 0.3) is 0 Å². The summed E-state index contributed by atoms with van der Waals surface area (Å²) in [5.41, 5.74) is 7.25. The number of halogens is 2. The van der Waals surface area contributed by atoms with Gasteiger partial charge < -0.3 is 10.6 Å². The molecule has 2 nitrogen and oxygen atoms in total. The maximum absolute atomic E-state index is 6.29. The first-order chi connectivity index (χ1) is 9.50. The summed E-state index contributed by atoms with van der Waals surface area (Å²) < 4.78 is 0. The number of nitrogens with zero attached hydrogens (tertiary/aromatic N) is 1. The minimum Gasteiger partial charge on any atom is -0.324 e. The highest BCUT2D eigenvalue weighted by atomic mass is 35.5. The van der Waals surface area contributed by atoms with Gasteiger partial charge >= 0.3 is 0 Å². The lowest BCUT2D eigenvalue weighted by molar-refractivity contribution is 0.200. The average molecular weight is 315 g/mol. The Morgan fingerprint density at radius 2 is 2.10 bits per heavy atom. The fourth-order valence-corrected chi connectivity index (χ4v) is 3.60. The van der Waals surface area contributed by atoms with Crippen LogP contribution < -0.4 is 5.73 Å². The Balaban J connectivity index is 1.95. The molecule has 1 aliphatic heterocycles. The third-order valence-electron chi connectivity index (χ3n) is 4.29. The van der Waals surface area contributed by atoms with E-state index in [9.17, 15) is 0 Å². The molecule has 2 atom stereocenters. The van der Waals surface area contributed by atoms with Gasteiger partial charge in [0, 0.05) is 18.6 Å². The molecule has 0 spiro atoms. The fourth-order valence-electron chi connectivity index (χ4n) is 3.15. The lowest BCUT2D eigenvalue weighted by atomic mass is 10.0. The van der Waals surface area contributed by atoms with Crippen LogP contribution in [0.2, 0.25) is 10.0 Å². The number of likely N-dealkylation sites (tertiary alicyclic amines) is 1. The molecule has 0 radical (unpaired) electrons. The Labute approximate surface area is 132 Å². The van der Waals surface area contributed by atoms with Crippen molar-refractivity contribution in [1.82, 2.24) is 4.90 Å². The molecule has 0 amide bonds. The second-order valence-electron chi connectivity index (χ2n) is 6.03. The maximum Gasteiger partial charge on any atom is 0.0640 e. The van der Waals surface area contributed by atoms with Crippen LogP contribution in [0.5, 0.6) is 0 Å². The third kappa shape index (κ3) is 3.67. The first kappa shape index (κ1) is 16.1. The zero-order valence-corrected chi connectivity index (χ0v) is 13.8. The zero-order valence-electron chi connectivity index (χ0n) is 12.3. The normalized spacial score (nSPS) is 21.6. The van der Waals surface area contributed by atoms with E-state index in [2.05, 4.69) is 18.7 Å². The molecule has 112 valence electrons. The Bertz CT molecular complexity index is 448. The molecular weight excluding hydrogens is 291 g/mol. The number of nitrogens with two attached hydrogens (primary N) is 1. The van der Waals surface area contributed by atoms with Crippen molar-refractivity contribution < 1.29 is 0 Å². The summed E-state index contributed by atoms with van der Waals surface area (Å²) in [4.78, 5) is 2.57. The van der Waals surface area contributed by atoms with Crippen molar-refractivity contribution in [3.8, 4) is 0 Å². The third-order valence-corrected chi connectivity index (χ3v) is 5.13. The van der Waals surface area contributed by atoms with Crippen LogP contribution in [-0.4, -0.2) is 24.0 Å². The molecule has 1 aliphatic rings. The van der Waals surface area contributed by atoms with E-state index in [-0.39, 0.29) is 6.04 Å². The number of hydrogen-bond donors (Lipinski definition) is 1. The van der Waals surface area contributed by atoms with Gasteiger partial charge in [-0.25, -0.2) is 0 Å². The molecule has 1 saturated heterocycles. The van der Waals surface area contributed by atoms with E-state index in [1.807, 2.05) is 12.1 Å². The zero-order chi connectivity index (χ0) is 14.7. The Morgan fingerprint density at radius 3 is 2.80 bits per heavy atom. The van der Waals surface area contributed by atoms with Gasteiger partial charge in [-0.3, -0.25) is 0 Å². The van der Waals surface area contributed by atoms with Crippen LogP contribution in [0.15, 0.2) is 18.2 Å². The number of rotatable bonds is 5. The first-order valence-corrected chi connectivity index (χ1v) is 8.20. The van der Waals surface area contributed by atoms with Gasteiger partial charge in [0.15, 0.2) is 0 Å². The van der Waals surface area contributed by atoms with Crippen LogP contribution in [0, 0.1) is 5.92 Å². The number of benzene rings is 1. The molecule has 1 fully saturated rings. The molecule has 0 aromatic heterocycles. The summed E-state index contributed by atoms with van der Waals surface area (Å²) in [5.74, 6) is 0.712. The second-order valence-corrected chi connectivity index (χ2v) is 6.81. The molecule has 2 N–H and O–H groups in total. The molecule has 0 bridgehead atoms. The highest BCUT2D eigenvalue weighted by Crippen LogP contribution is 2.31. The lowest BCUT2D eigenvalue weighted by Gasteiger charge is -2.28. The molecule has 0 aliphatic carbocycles. The van der Waals surface area contributed by atoms with Crippen molar-refractivity contribution in [2.75, 3.05) is 13.1 Å². The quantitative estimate of drug-likeness (QED) is 0.866.